The van der Waals surface area contributed by atoms with E-state index in [-0.39, 0.29) is 24.1 Å². The molecule has 3 rings (SSSR count). The number of amides is 2. The number of carbonyl (C=O) groups is 1. The quantitative estimate of drug-likeness (QED) is 0.923. The molecule has 1 N–H and O–H groups in total. The summed E-state index contributed by atoms with van der Waals surface area (Å²) in [5, 5.41) is 3.06. The highest BCUT2D eigenvalue weighted by molar-refractivity contribution is 5.74. The molecule has 2 amide bonds. The van der Waals surface area contributed by atoms with Gasteiger partial charge in [0, 0.05) is 38.4 Å². The monoisotopic (exact) mass is 335 g/mol. The molecule has 1 aromatic rings. The Kier molecular flexibility index (Phi) is 5.23. The summed E-state index contributed by atoms with van der Waals surface area (Å²) in [6.45, 7) is 7.78. The predicted molar refractivity (Wildman–Crippen MR) is 91.7 cm³/mol. The molecule has 0 radical (unpaired) electrons. The molecule has 0 aromatic heterocycles. The zero-order valence-corrected chi connectivity index (χ0v) is 14.4. The van der Waals surface area contributed by atoms with Gasteiger partial charge in [-0.1, -0.05) is 0 Å². The minimum atomic E-state index is -0.212. The van der Waals surface area contributed by atoms with E-state index in [9.17, 15) is 9.18 Å². The van der Waals surface area contributed by atoms with E-state index < -0.39 is 0 Å². The number of nitrogens with zero attached hydrogens (tertiary/aromatic N) is 2. The number of urea groups is 1. The molecular formula is C18H26FN3O2. The van der Waals surface area contributed by atoms with Gasteiger partial charge in [-0.25, -0.2) is 9.18 Å². The van der Waals surface area contributed by atoms with Crippen LogP contribution in [0.15, 0.2) is 24.3 Å². The molecule has 0 saturated carbocycles. The Bertz CT molecular complexity index is 556. The van der Waals surface area contributed by atoms with Crippen LogP contribution in [0.1, 0.15) is 20.3 Å². The summed E-state index contributed by atoms with van der Waals surface area (Å²) in [6, 6.07) is 6.60. The maximum atomic E-state index is 13.0. The van der Waals surface area contributed by atoms with Crippen LogP contribution in [0, 0.1) is 11.7 Å². The number of anilines is 1. The molecule has 2 fully saturated rings. The van der Waals surface area contributed by atoms with Gasteiger partial charge in [-0.2, -0.15) is 0 Å². The van der Waals surface area contributed by atoms with Gasteiger partial charge in [0.15, 0.2) is 0 Å². The molecule has 2 saturated heterocycles. The molecule has 0 bridgehead atoms. The third kappa shape index (κ3) is 4.17. The Morgan fingerprint density at radius 3 is 2.54 bits per heavy atom. The molecule has 5 nitrogen and oxygen atoms in total. The van der Waals surface area contributed by atoms with E-state index in [2.05, 4.69) is 10.2 Å². The zero-order valence-electron chi connectivity index (χ0n) is 14.4. The number of benzene rings is 1. The highest BCUT2D eigenvalue weighted by atomic mass is 19.1. The van der Waals surface area contributed by atoms with E-state index in [0.29, 0.717) is 25.6 Å². The van der Waals surface area contributed by atoms with Crippen molar-refractivity contribution in [2.45, 2.75) is 32.5 Å². The van der Waals surface area contributed by atoms with Gasteiger partial charge in [-0.15, -0.1) is 0 Å². The van der Waals surface area contributed by atoms with Crippen LogP contribution >= 0.6 is 0 Å². The lowest BCUT2D eigenvalue weighted by Crippen LogP contribution is -2.52. The fourth-order valence-corrected chi connectivity index (χ4v) is 3.57. The number of halogens is 1. The highest BCUT2D eigenvalue weighted by Gasteiger charge is 2.27. The molecule has 0 spiro atoms. The van der Waals surface area contributed by atoms with Gasteiger partial charge in [-0.05, 0) is 50.5 Å². The van der Waals surface area contributed by atoms with E-state index in [1.807, 2.05) is 30.9 Å². The first-order valence-electron chi connectivity index (χ1n) is 8.70. The molecule has 2 aliphatic heterocycles. The van der Waals surface area contributed by atoms with Crippen molar-refractivity contribution >= 4 is 11.7 Å². The minimum absolute atomic E-state index is 0.00256. The van der Waals surface area contributed by atoms with Gasteiger partial charge < -0.3 is 19.9 Å². The molecule has 6 heteroatoms. The fraction of sp³-hybridized carbons (Fsp3) is 0.611. The van der Waals surface area contributed by atoms with Gasteiger partial charge >= 0.3 is 6.03 Å². The highest BCUT2D eigenvalue weighted by Crippen LogP contribution is 2.23. The Labute approximate surface area is 142 Å². The maximum absolute atomic E-state index is 13.0. The Hall–Kier alpha value is -1.82. The number of ether oxygens (including phenoxy) is 1. The molecule has 3 unspecified atom stereocenters. The van der Waals surface area contributed by atoms with Crippen LogP contribution < -0.4 is 10.2 Å². The second-order valence-corrected chi connectivity index (χ2v) is 6.93. The summed E-state index contributed by atoms with van der Waals surface area (Å²) in [7, 11) is 0. The number of rotatable bonds is 3. The van der Waals surface area contributed by atoms with Crippen molar-refractivity contribution in [1.29, 1.82) is 0 Å². The first-order chi connectivity index (χ1) is 11.5. The molecule has 1 aromatic carbocycles. The first kappa shape index (κ1) is 17.0. The fourth-order valence-electron chi connectivity index (χ4n) is 3.57. The minimum Gasteiger partial charge on any atom is -0.372 e. The topological polar surface area (TPSA) is 44.8 Å². The van der Waals surface area contributed by atoms with E-state index in [1.54, 1.807) is 0 Å². The molecule has 132 valence electrons. The number of carbonyl (C=O) groups excluding carboxylic acids is 1. The SMILES string of the molecule is CC1CN(C(=O)NCC2CCN(c3ccc(F)cc3)C2)CC(C)O1. The van der Waals surface area contributed by atoms with Gasteiger partial charge in [0.1, 0.15) is 5.82 Å². The number of hydrogen-bond donors (Lipinski definition) is 1. The van der Waals surface area contributed by atoms with Gasteiger partial charge in [-0.3, -0.25) is 0 Å². The van der Waals surface area contributed by atoms with Crippen molar-refractivity contribution in [3.8, 4) is 0 Å². The van der Waals surface area contributed by atoms with Crippen molar-refractivity contribution in [2.75, 3.05) is 37.6 Å². The zero-order chi connectivity index (χ0) is 17.1. The number of hydrogen-bond acceptors (Lipinski definition) is 3. The largest absolute Gasteiger partial charge is 0.372 e. The molecule has 3 atom stereocenters. The Morgan fingerprint density at radius 1 is 1.21 bits per heavy atom. The van der Waals surface area contributed by atoms with E-state index in [1.165, 1.54) is 12.1 Å². The van der Waals surface area contributed by atoms with Crippen LogP contribution in [0.3, 0.4) is 0 Å². The third-order valence-corrected chi connectivity index (χ3v) is 4.73. The summed E-state index contributed by atoms with van der Waals surface area (Å²) in [5.41, 5.74) is 1.04. The van der Waals surface area contributed by atoms with Crippen LogP contribution in [0.5, 0.6) is 0 Å². The molecule has 24 heavy (non-hydrogen) atoms. The van der Waals surface area contributed by atoms with Crippen LogP contribution in [-0.4, -0.2) is 55.9 Å². The standard InChI is InChI=1S/C18H26FN3O2/c1-13-10-22(11-14(2)24-13)18(23)20-9-15-7-8-21(12-15)17-5-3-16(19)4-6-17/h3-6,13-15H,7-12H2,1-2H3,(H,20,23). The maximum Gasteiger partial charge on any atom is 0.317 e. The van der Waals surface area contributed by atoms with Crippen molar-refractivity contribution in [3.05, 3.63) is 30.1 Å². The summed E-state index contributed by atoms with van der Waals surface area (Å²) >= 11 is 0. The van der Waals surface area contributed by atoms with E-state index in [0.717, 1.165) is 25.2 Å². The van der Waals surface area contributed by atoms with Crippen molar-refractivity contribution < 1.29 is 13.9 Å². The molecule has 2 heterocycles. The average molecular weight is 335 g/mol. The van der Waals surface area contributed by atoms with Gasteiger partial charge in [0.05, 0.1) is 12.2 Å². The number of morpholine rings is 1. The smallest absolute Gasteiger partial charge is 0.317 e. The van der Waals surface area contributed by atoms with Crippen molar-refractivity contribution in [2.24, 2.45) is 5.92 Å². The Morgan fingerprint density at radius 2 is 1.88 bits per heavy atom. The van der Waals surface area contributed by atoms with E-state index >= 15 is 0 Å². The lowest BCUT2D eigenvalue weighted by Gasteiger charge is -2.35. The summed E-state index contributed by atoms with van der Waals surface area (Å²) < 4.78 is 18.7. The summed E-state index contributed by atoms with van der Waals surface area (Å²) in [4.78, 5) is 16.4. The average Bonchev–Trinajstić information content (AvgIpc) is 3.01. The summed E-state index contributed by atoms with van der Waals surface area (Å²) in [5.74, 6) is 0.214. The van der Waals surface area contributed by atoms with Crippen LogP contribution in [0.25, 0.3) is 0 Å². The molecular weight excluding hydrogens is 309 g/mol. The molecule has 2 aliphatic rings. The van der Waals surface area contributed by atoms with Crippen molar-refractivity contribution in [3.63, 3.8) is 0 Å². The van der Waals surface area contributed by atoms with Crippen molar-refractivity contribution in [1.82, 2.24) is 10.2 Å². The van der Waals surface area contributed by atoms with Crippen LogP contribution in [-0.2, 0) is 4.74 Å². The second-order valence-electron chi connectivity index (χ2n) is 6.93. The first-order valence-corrected chi connectivity index (χ1v) is 8.70. The molecule has 0 aliphatic carbocycles. The second kappa shape index (κ2) is 7.38. The lowest BCUT2D eigenvalue weighted by atomic mass is 10.1. The van der Waals surface area contributed by atoms with Gasteiger partial charge in [0.25, 0.3) is 0 Å². The lowest BCUT2D eigenvalue weighted by molar-refractivity contribution is -0.0545. The van der Waals surface area contributed by atoms with Crippen LogP contribution in [0.4, 0.5) is 14.9 Å². The normalized spacial score (nSPS) is 27.4. The Balaban J connectivity index is 1.46. The van der Waals surface area contributed by atoms with E-state index in [4.69, 9.17) is 4.74 Å². The third-order valence-electron chi connectivity index (χ3n) is 4.73. The number of nitrogens with one attached hydrogen (secondary N) is 1. The summed E-state index contributed by atoms with van der Waals surface area (Å²) in [6.07, 6.45) is 1.20. The van der Waals surface area contributed by atoms with Crippen LogP contribution in [0.2, 0.25) is 0 Å². The predicted octanol–water partition coefficient (Wildman–Crippen LogP) is 2.47. The van der Waals surface area contributed by atoms with Gasteiger partial charge in [0.2, 0.25) is 0 Å².